The van der Waals surface area contributed by atoms with E-state index >= 15 is 0 Å². The van der Waals surface area contributed by atoms with Crippen LogP contribution in [0.15, 0.2) is 6.20 Å². The Balaban J connectivity index is 3.26. The Kier molecular flexibility index (Phi) is 3.37. The second-order valence-corrected chi connectivity index (χ2v) is 6.05. The second kappa shape index (κ2) is 4.25. The molecule has 1 rings (SSSR count). The zero-order valence-electron chi connectivity index (χ0n) is 9.34. The highest BCUT2D eigenvalue weighted by atomic mass is 32.2. The minimum atomic E-state index is -3.20. The van der Waals surface area contributed by atoms with Gasteiger partial charge in [0.1, 0.15) is 0 Å². The maximum absolute atomic E-state index is 11.2. The summed E-state index contributed by atoms with van der Waals surface area (Å²) in [5.41, 5.74) is 0.398. The molecule has 0 aromatic carbocycles. The number of hydrogen-bond acceptors (Lipinski definition) is 4. The number of carbonyl (C=O) groups is 1. The van der Waals surface area contributed by atoms with Gasteiger partial charge in [0.25, 0.3) is 0 Å². The lowest BCUT2D eigenvalue weighted by atomic mass is 10.3. The van der Waals surface area contributed by atoms with Gasteiger partial charge in [-0.3, -0.25) is 0 Å². The monoisotopic (exact) mass is 246 g/mol. The second-order valence-electron chi connectivity index (χ2n) is 3.91. The summed E-state index contributed by atoms with van der Waals surface area (Å²) >= 11 is 0. The number of aromatic carboxylic acids is 1. The fourth-order valence-corrected chi connectivity index (χ4v) is 2.26. The van der Waals surface area contributed by atoms with Gasteiger partial charge < -0.3 is 9.67 Å². The highest BCUT2D eigenvalue weighted by molar-refractivity contribution is 7.89. The van der Waals surface area contributed by atoms with E-state index in [-0.39, 0.29) is 17.6 Å². The van der Waals surface area contributed by atoms with Crippen LogP contribution in [0.5, 0.6) is 0 Å². The van der Waals surface area contributed by atoms with Crippen LogP contribution in [0.1, 0.15) is 36.2 Å². The van der Waals surface area contributed by atoms with Crippen molar-refractivity contribution in [2.45, 2.75) is 25.6 Å². The Morgan fingerprint density at radius 3 is 2.50 bits per heavy atom. The van der Waals surface area contributed by atoms with Crippen LogP contribution in [0.25, 0.3) is 0 Å². The minimum Gasteiger partial charge on any atom is -0.475 e. The van der Waals surface area contributed by atoms with Crippen molar-refractivity contribution < 1.29 is 18.3 Å². The summed E-state index contributed by atoms with van der Waals surface area (Å²) in [5, 5.41) is 8.89. The van der Waals surface area contributed by atoms with E-state index in [4.69, 9.17) is 5.11 Å². The zero-order valence-corrected chi connectivity index (χ0v) is 10.2. The van der Waals surface area contributed by atoms with Crippen molar-refractivity contribution in [2.24, 2.45) is 0 Å². The third kappa shape index (κ3) is 2.82. The molecular weight excluding hydrogens is 232 g/mol. The molecule has 1 aromatic heterocycles. The van der Waals surface area contributed by atoms with Crippen LogP contribution in [0.2, 0.25) is 0 Å². The topological polar surface area (TPSA) is 89.3 Å². The predicted octanol–water partition coefficient (Wildman–Crippen LogP) is 0.707. The van der Waals surface area contributed by atoms with E-state index in [1.54, 1.807) is 13.8 Å². The van der Waals surface area contributed by atoms with Crippen LogP contribution in [0, 0.1) is 0 Å². The molecule has 1 aromatic rings. The van der Waals surface area contributed by atoms with E-state index in [0.717, 1.165) is 6.26 Å². The average molecular weight is 246 g/mol. The maximum atomic E-state index is 11.2. The van der Waals surface area contributed by atoms with E-state index in [1.807, 2.05) is 0 Å². The van der Waals surface area contributed by atoms with Gasteiger partial charge in [-0.2, -0.15) is 0 Å². The number of nitrogens with zero attached hydrogens (tertiary/aromatic N) is 2. The smallest absolute Gasteiger partial charge is 0.372 e. The van der Waals surface area contributed by atoms with Gasteiger partial charge in [0.15, 0.2) is 9.84 Å². The molecule has 1 heterocycles. The summed E-state index contributed by atoms with van der Waals surface area (Å²) in [5.74, 6) is -1.49. The molecule has 0 saturated heterocycles. The molecule has 0 amide bonds. The van der Waals surface area contributed by atoms with E-state index in [1.165, 1.54) is 10.8 Å². The van der Waals surface area contributed by atoms with Crippen molar-refractivity contribution in [1.29, 1.82) is 0 Å². The molecule has 0 bridgehead atoms. The van der Waals surface area contributed by atoms with Crippen molar-refractivity contribution in [3.05, 3.63) is 17.7 Å². The summed E-state index contributed by atoms with van der Waals surface area (Å²) in [6, 6.07) is -0.148. The van der Waals surface area contributed by atoms with Gasteiger partial charge in [-0.05, 0) is 13.8 Å². The number of rotatable bonds is 4. The summed E-state index contributed by atoms with van der Waals surface area (Å²) in [7, 11) is -3.20. The normalized spacial score (nSPS) is 12.0. The molecule has 1 N–H and O–H groups in total. The van der Waals surface area contributed by atoms with Gasteiger partial charge in [-0.1, -0.05) is 0 Å². The fourth-order valence-electron chi connectivity index (χ4n) is 1.51. The molecule has 0 saturated carbocycles. The highest BCUT2D eigenvalue weighted by Gasteiger charge is 2.20. The van der Waals surface area contributed by atoms with Crippen LogP contribution in [-0.2, 0) is 15.6 Å². The molecule has 0 aliphatic carbocycles. The number of sulfone groups is 1. The van der Waals surface area contributed by atoms with E-state index in [2.05, 4.69) is 4.98 Å². The van der Waals surface area contributed by atoms with Gasteiger partial charge >= 0.3 is 5.97 Å². The van der Waals surface area contributed by atoms with Crippen molar-refractivity contribution >= 4 is 15.8 Å². The minimum absolute atomic E-state index is 0.131. The Bertz CT molecular complexity index is 502. The SMILES string of the molecule is CC(C)n1c(CS(C)(=O)=O)cnc1C(=O)O. The third-order valence-electron chi connectivity index (χ3n) is 1.99. The van der Waals surface area contributed by atoms with Gasteiger partial charge in [-0.25, -0.2) is 18.2 Å². The van der Waals surface area contributed by atoms with Crippen LogP contribution in [0.3, 0.4) is 0 Å². The molecule has 90 valence electrons. The quantitative estimate of drug-likeness (QED) is 0.845. The highest BCUT2D eigenvalue weighted by Crippen LogP contribution is 2.15. The molecular formula is C9H14N2O4S. The summed E-state index contributed by atoms with van der Waals surface area (Å²) in [6.07, 6.45) is 2.40. The zero-order chi connectivity index (χ0) is 12.5. The van der Waals surface area contributed by atoms with Gasteiger partial charge in [0.05, 0.1) is 17.6 Å². The number of aromatic nitrogens is 2. The lowest BCUT2D eigenvalue weighted by Gasteiger charge is -2.13. The number of imidazole rings is 1. The molecule has 7 heteroatoms. The van der Waals surface area contributed by atoms with Gasteiger partial charge in [-0.15, -0.1) is 0 Å². The largest absolute Gasteiger partial charge is 0.475 e. The molecule has 0 fully saturated rings. The van der Waals surface area contributed by atoms with Crippen molar-refractivity contribution in [3.63, 3.8) is 0 Å². The first-order chi connectivity index (χ1) is 7.22. The lowest BCUT2D eigenvalue weighted by Crippen LogP contribution is -2.16. The van der Waals surface area contributed by atoms with Crippen LogP contribution >= 0.6 is 0 Å². The van der Waals surface area contributed by atoms with Crippen LogP contribution in [0.4, 0.5) is 0 Å². The molecule has 0 spiro atoms. The number of carboxylic acids is 1. The molecule has 0 radical (unpaired) electrons. The lowest BCUT2D eigenvalue weighted by molar-refractivity contribution is 0.0676. The first-order valence-corrected chi connectivity index (χ1v) is 6.75. The Morgan fingerprint density at radius 2 is 2.12 bits per heavy atom. The van der Waals surface area contributed by atoms with E-state index < -0.39 is 15.8 Å². The Morgan fingerprint density at radius 1 is 1.56 bits per heavy atom. The number of hydrogen-bond donors (Lipinski definition) is 1. The standard InChI is InChI=1S/C9H14N2O4S/c1-6(2)11-7(5-16(3,14)15)4-10-8(11)9(12)13/h4,6H,5H2,1-3H3,(H,12,13). The van der Waals surface area contributed by atoms with Crippen molar-refractivity contribution in [1.82, 2.24) is 9.55 Å². The van der Waals surface area contributed by atoms with Gasteiger partial charge in [0.2, 0.25) is 5.82 Å². The molecule has 0 atom stereocenters. The summed E-state index contributed by atoms with van der Waals surface area (Å²) in [4.78, 5) is 14.6. The van der Waals surface area contributed by atoms with Crippen LogP contribution < -0.4 is 0 Å². The molecule has 6 nitrogen and oxygen atoms in total. The van der Waals surface area contributed by atoms with E-state index in [9.17, 15) is 13.2 Å². The third-order valence-corrected chi connectivity index (χ3v) is 2.81. The van der Waals surface area contributed by atoms with Crippen LogP contribution in [-0.4, -0.2) is 35.3 Å². The molecule has 16 heavy (non-hydrogen) atoms. The molecule has 0 aliphatic heterocycles. The Hall–Kier alpha value is -1.37. The van der Waals surface area contributed by atoms with Crippen molar-refractivity contribution in [3.8, 4) is 0 Å². The number of carboxylic acid groups (broad SMARTS) is 1. The average Bonchev–Trinajstić information content (AvgIpc) is 2.44. The predicted molar refractivity (Wildman–Crippen MR) is 58.1 cm³/mol. The van der Waals surface area contributed by atoms with Crippen molar-refractivity contribution in [2.75, 3.05) is 6.26 Å². The maximum Gasteiger partial charge on any atom is 0.372 e. The fraction of sp³-hybridized carbons (Fsp3) is 0.556. The first-order valence-electron chi connectivity index (χ1n) is 4.69. The van der Waals surface area contributed by atoms with Gasteiger partial charge in [0, 0.05) is 12.3 Å². The van der Waals surface area contributed by atoms with E-state index in [0.29, 0.717) is 5.69 Å². The molecule has 0 unspecified atom stereocenters. The Labute approximate surface area is 93.8 Å². The molecule has 0 aliphatic rings. The summed E-state index contributed by atoms with van der Waals surface area (Å²) < 4.78 is 23.8. The first kappa shape index (κ1) is 12.7. The summed E-state index contributed by atoms with van der Waals surface area (Å²) in [6.45, 7) is 3.56.